The van der Waals surface area contributed by atoms with E-state index in [0.717, 1.165) is 12.8 Å². The van der Waals surface area contributed by atoms with Crippen molar-refractivity contribution in [3.8, 4) is 11.8 Å². The number of unbranched alkanes of at least 4 members (excludes halogenated alkanes) is 3. The molecule has 2 nitrogen and oxygen atoms in total. The lowest BCUT2D eigenvalue weighted by atomic mass is 10.2. The maximum absolute atomic E-state index is 10.9. The molecule has 3 heteroatoms. The summed E-state index contributed by atoms with van der Waals surface area (Å²) >= 11 is 3.07. The highest BCUT2D eigenvalue weighted by Gasteiger charge is 2.02. The molecule has 0 unspecified atom stereocenters. The summed E-state index contributed by atoms with van der Waals surface area (Å²) in [5, 5.41) is 0. The lowest BCUT2D eigenvalue weighted by molar-refractivity contribution is -0.135. The summed E-state index contributed by atoms with van der Waals surface area (Å²) in [6.07, 6.45) is 5.93. The number of methoxy groups -OCH3 is 1. The van der Waals surface area contributed by atoms with Gasteiger partial charge in [0, 0.05) is 12.5 Å². The minimum atomic E-state index is -0.396. The van der Waals surface area contributed by atoms with Gasteiger partial charge in [-0.05, 0) is 22.4 Å². The third kappa shape index (κ3) is 6.73. The molecule has 0 aliphatic heterocycles. The summed E-state index contributed by atoms with van der Waals surface area (Å²) in [5.74, 6) is 5.37. The van der Waals surface area contributed by atoms with Gasteiger partial charge in [0.1, 0.15) is 4.48 Å². The SMILES string of the molecule is CCCCCC#CC=C(Br)C(=O)OC. The smallest absolute Gasteiger partial charge is 0.345 e. The van der Waals surface area contributed by atoms with Gasteiger partial charge in [0.25, 0.3) is 0 Å². The molecule has 0 saturated carbocycles. The Morgan fingerprint density at radius 1 is 1.50 bits per heavy atom. The molecular weight excluding hydrogens is 244 g/mol. The van der Waals surface area contributed by atoms with Crippen molar-refractivity contribution in [2.24, 2.45) is 0 Å². The molecule has 0 aromatic heterocycles. The fourth-order valence-corrected chi connectivity index (χ4v) is 1.08. The van der Waals surface area contributed by atoms with Crippen LogP contribution in [0.3, 0.4) is 0 Å². The maximum Gasteiger partial charge on any atom is 0.345 e. The molecular formula is C11H15BrO2. The number of allylic oxidation sites excluding steroid dienone is 1. The maximum atomic E-state index is 10.9. The van der Waals surface area contributed by atoms with E-state index in [1.165, 1.54) is 26.0 Å². The Bertz CT molecular complexity index is 258. The number of ether oxygens (including phenoxy) is 1. The molecule has 0 aliphatic carbocycles. The van der Waals surface area contributed by atoms with Crippen molar-refractivity contribution in [2.45, 2.75) is 32.6 Å². The molecule has 0 fully saturated rings. The van der Waals surface area contributed by atoms with E-state index < -0.39 is 5.97 Å². The van der Waals surface area contributed by atoms with Gasteiger partial charge >= 0.3 is 5.97 Å². The van der Waals surface area contributed by atoms with Gasteiger partial charge in [0.2, 0.25) is 0 Å². The quantitative estimate of drug-likeness (QED) is 0.336. The standard InChI is InChI=1S/C11H15BrO2/c1-3-4-5-6-7-8-9-10(12)11(13)14-2/h9H,3-6H2,1-2H3. The molecule has 78 valence electrons. The molecule has 14 heavy (non-hydrogen) atoms. The fourth-order valence-electron chi connectivity index (χ4n) is 0.806. The van der Waals surface area contributed by atoms with Crippen molar-refractivity contribution < 1.29 is 9.53 Å². The Labute approximate surface area is 93.8 Å². The van der Waals surface area contributed by atoms with Crippen molar-refractivity contribution in [2.75, 3.05) is 7.11 Å². The number of hydrogen-bond acceptors (Lipinski definition) is 2. The van der Waals surface area contributed by atoms with Gasteiger partial charge in [0.05, 0.1) is 7.11 Å². The van der Waals surface area contributed by atoms with Crippen LogP contribution in [-0.4, -0.2) is 13.1 Å². The first-order valence-corrected chi connectivity index (χ1v) is 5.44. The second-order valence-electron chi connectivity index (χ2n) is 2.76. The number of hydrogen-bond donors (Lipinski definition) is 0. The lowest BCUT2D eigenvalue weighted by Crippen LogP contribution is -1.98. The average Bonchev–Trinajstić information content (AvgIpc) is 2.21. The third-order valence-corrected chi connectivity index (χ3v) is 2.14. The van der Waals surface area contributed by atoms with E-state index in [1.54, 1.807) is 0 Å². The van der Waals surface area contributed by atoms with Crippen molar-refractivity contribution >= 4 is 21.9 Å². The molecule has 0 spiro atoms. The third-order valence-electron chi connectivity index (χ3n) is 1.59. The number of halogens is 1. The molecule has 0 N–H and O–H groups in total. The summed E-state index contributed by atoms with van der Waals surface area (Å²) in [4.78, 5) is 10.9. The van der Waals surface area contributed by atoms with E-state index in [4.69, 9.17) is 0 Å². The Morgan fingerprint density at radius 3 is 2.79 bits per heavy atom. The Kier molecular flexibility index (Phi) is 8.36. The zero-order valence-electron chi connectivity index (χ0n) is 8.60. The molecule has 0 aliphatic rings. The van der Waals surface area contributed by atoms with E-state index in [9.17, 15) is 4.79 Å². The van der Waals surface area contributed by atoms with Crippen LogP contribution in [0.2, 0.25) is 0 Å². The molecule has 0 heterocycles. The van der Waals surface area contributed by atoms with Crippen molar-refractivity contribution in [3.05, 3.63) is 10.6 Å². The largest absolute Gasteiger partial charge is 0.465 e. The highest BCUT2D eigenvalue weighted by atomic mass is 79.9. The van der Waals surface area contributed by atoms with E-state index in [0.29, 0.717) is 4.48 Å². The van der Waals surface area contributed by atoms with E-state index in [2.05, 4.69) is 39.4 Å². The second-order valence-corrected chi connectivity index (χ2v) is 3.62. The van der Waals surface area contributed by atoms with Crippen LogP contribution in [0, 0.1) is 11.8 Å². The van der Waals surface area contributed by atoms with Gasteiger partial charge in [-0.3, -0.25) is 0 Å². The summed E-state index contributed by atoms with van der Waals surface area (Å²) in [7, 11) is 1.34. The lowest BCUT2D eigenvalue weighted by Gasteiger charge is -1.92. The number of carbonyl (C=O) groups is 1. The molecule has 0 atom stereocenters. The summed E-state index contributed by atoms with van der Waals surface area (Å²) in [6.45, 7) is 2.15. The van der Waals surface area contributed by atoms with Crippen LogP contribution in [0.15, 0.2) is 10.6 Å². The van der Waals surface area contributed by atoms with Gasteiger partial charge in [0.15, 0.2) is 0 Å². The van der Waals surface area contributed by atoms with E-state index in [-0.39, 0.29) is 0 Å². The molecule has 0 radical (unpaired) electrons. The van der Waals surface area contributed by atoms with Crippen LogP contribution in [-0.2, 0) is 9.53 Å². The van der Waals surface area contributed by atoms with Crippen molar-refractivity contribution in [3.63, 3.8) is 0 Å². The monoisotopic (exact) mass is 258 g/mol. The first-order valence-electron chi connectivity index (χ1n) is 4.64. The second kappa shape index (κ2) is 8.83. The summed E-state index contributed by atoms with van der Waals surface area (Å²) in [5.41, 5.74) is 0. The molecule has 0 aromatic carbocycles. The van der Waals surface area contributed by atoms with Crippen LogP contribution in [0.25, 0.3) is 0 Å². The number of carbonyl (C=O) groups excluding carboxylic acids is 1. The first kappa shape index (κ1) is 13.2. The Morgan fingerprint density at radius 2 is 2.21 bits per heavy atom. The van der Waals surface area contributed by atoms with Crippen LogP contribution in [0.4, 0.5) is 0 Å². The number of rotatable bonds is 4. The summed E-state index contributed by atoms with van der Waals surface area (Å²) < 4.78 is 4.85. The van der Waals surface area contributed by atoms with Gasteiger partial charge in [-0.2, -0.15) is 0 Å². The Hall–Kier alpha value is -0.750. The highest BCUT2D eigenvalue weighted by molar-refractivity contribution is 9.12. The first-order chi connectivity index (χ1) is 6.72. The fraction of sp³-hybridized carbons (Fsp3) is 0.545. The van der Waals surface area contributed by atoms with Crippen molar-refractivity contribution in [1.82, 2.24) is 0 Å². The molecule has 0 bridgehead atoms. The van der Waals surface area contributed by atoms with Crippen LogP contribution >= 0.6 is 15.9 Å². The molecule has 0 aromatic rings. The zero-order valence-corrected chi connectivity index (χ0v) is 10.2. The highest BCUT2D eigenvalue weighted by Crippen LogP contribution is 2.05. The van der Waals surface area contributed by atoms with Gasteiger partial charge in [-0.25, -0.2) is 4.79 Å². The van der Waals surface area contributed by atoms with Crippen LogP contribution in [0.5, 0.6) is 0 Å². The zero-order chi connectivity index (χ0) is 10.8. The average molecular weight is 259 g/mol. The van der Waals surface area contributed by atoms with E-state index >= 15 is 0 Å². The van der Waals surface area contributed by atoms with Gasteiger partial charge in [-0.1, -0.05) is 31.6 Å². The van der Waals surface area contributed by atoms with Gasteiger partial charge in [-0.15, -0.1) is 0 Å². The predicted octanol–water partition coefficient (Wildman–Crippen LogP) is 3.02. The minimum Gasteiger partial charge on any atom is -0.465 e. The number of esters is 1. The van der Waals surface area contributed by atoms with Crippen LogP contribution < -0.4 is 0 Å². The van der Waals surface area contributed by atoms with E-state index in [1.807, 2.05) is 0 Å². The molecule has 0 amide bonds. The predicted molar refractivity (Wildman–Crippen MR) is 60.9 cm³/mol. The van der Waals surface area contributed by atoms with Crippen molar-refractivity contribution in [1.29, 1.82) is 0 Å². The minimum absolute atomic E-state index is 0.364. The Balaban J connectivity index is 3.82. The van der Waals surface area contributed by atoms with Crippen LogP contribution in [0.1, 0.15) is 32.6 Å². The normalized spacial score (nSPS) is 10.4. The molecule has 0 rings (SSSR count). The van der Waals surface area contributed by atoms with Gasteiger partial charge < -0.3 is 4.74 Å². The summed E-state index contributed by atoms with van der Waals surface area (Å²) in [6, 6.07) is 0. The molecule has 0 saturated heterocycles. The topological polar surface area (TPSA) is 26.3 Å².